The van der Waals surface area contributed by atoms with Crippen LogP contribution in [0.5, 0.6) is 0 Å². The number of hydrogen-bond donors (Lipinski definition) is 1. The van der Waals surface area contributed by atoms with Crippen LogP contribution in [0.15, 0.2) is 40.0 Å². The summed E-state index contributed by atoms with van der Waals surface area (Å²) in [7, 11) is 0. The standard InChI is InChI=1S/C25H24N2O6S/c1-13(2)34-20-6-4-5-15-9-16-11-27-19(21(16)26-22(15)20)10-18-17(23(27)29)12-33-24(30)25(18,31)7-8-32-14(3)28/h4-6,9-10,13,31H,7-8,11-12H2,1-3H3/t25-/m0/s1. The summed E-state index contributed by atoms with van der Waals surface area (Å²) in [6.45, 7) is 5.43. The van der Waals surface area contributed by atoms with Crippen LogP contribution in [0.4, 0.5) is 0 Å². The fourth-order valence-electron chi connectivity index (χ4n) is 4.57. The Labute approximate surface area is 199 Å². The zero-order valence-electron chi connectivity index (χ0n) is 19.1. The second-order valence-corrected chi connectivity index (χ2v) is 10.4. The minimum atomic E-state index is -2.09. The summed E-state index contributed by atoms with van der Waals surface area (Å²) in [6.07, 6.45) is -0.214. The van der Waals surface area contributed by atoms with E-state index in [1.54, 1.807) is 22.4 Å². The van der Waals surface area contributed by atoms with E-state index in [0.717, 1.165) is 21.4 Å². The summed E-state index contributed by atoms with van der Waals surface area (Å²) in [5.74, 6) is -1.39. The molecular formula is C25H24N2O6S. The van der Waals surface area contributed by atoms with Crippen LogP contribution < -0.4 is 5.56 Å². The molecular weight excluding hydrogens is 456 g/mol. The van der Waals surface area contributed by atoms with Crippen LogP contribution in [0.3, 0.4) is 0 Å². The molecule has 0 radical (unpaired) electrons. The lowest BCUT2D eigenvalue weighted by Crippen LogP contribution is -2.45. The van der Waals surface area contributed by atoms with E-state index in [-0.39, 0.29) is 36.3 Å². The van der Waals surface area contributed by atoms with Crippen molar-refractivity contribution in [3.8, 4) is 11.4 Å². The predicted octanol–water partition coefficient (Wildman–Crippen LogP) is 3.12. The number of para-hydroxylation sites is 1. The molecule has 9 heteroatoms. The average molecular weight is 481 g/mol. The number of fused-ring (bicyclic) bond motifs is 5. The monoisotopic (exact) mass is 480 g/mol. The number of rotatable bonds is 5. The largest absolute Gasteiger partial charge is 0.466 e. The van der Waals surface area contributed by atoms with Crippen LogP contribution in [0, 0.1) is 0 Å². The van der Waals surface area contributed by atoms with Gasteiger partial charge in [-0.1, -0.05) is 26.0 Å². The van der Waals surface area contributed by atoms with Gasteiger partial charge < -0.3 is 19.1 Å². The Morgan fingerprint density at radius 1 is 1.32 bits per heavy atom. The number of esters is 2. The number of hydrogen-bond acceptors (Lipinski definition) is 8. The highest BCUT2D eigenvalue weighted by molar-refractivity contribution is 8.00. The summed E-state index contributed by atoms with van der Waals surface area (Å²) >= 11 is 1.72. The molecule has 0 aliphatic carbocycles. The first-order chi connectivity index (χ1) is 16.2. The van der Waals surface area contributed by atoms with Crippen LogP contribution in [0.1, 0.15) is 43.9 Å². The van der Waals surface area contributed by atoms with Crippen LogP contribution >= 0.6 is 11.8 Å². The topological polar surface area (TPSA) is 108 Å². The Kier molecular flexibility index (Phi) is 5.49. The van der Waals surface area contributed by atoms with E-state index in [4.69, 9.17) is 14.5 Å². The third kappa shape index (κ3) is 3.59. The lowest BCUT2D eigenvalue weighted by atomic mass is 9.85. The van der Waals surface area contributed by atoms with Crippen molar-refractivity contribution < 1.29 is 24.2 Å². The van der Waals surface area contributed by atoms with Crippen molar-refractivity contribution in [2.45, 2.75) is 56.1 Å². The van der Waals surface area contributed by atoms with Crippen molar-refractivity contribution in [1.29, 1.82) is 0 Å². The zero-order valence-corrected chi connectivity index (χ0v) is 19.9. The van der Waals surface area contributed by atoms with Crippen LogP contribution in [0.25, 0.3) is 22.3 Å². The third-order valence-electron chi connectivity index (χ3n) is 6.12. The zero-order chi connectivity index (χ0) is 24.2. The molecule has 5 rings (SSSR count). The number of aliphatic hydroxyl groups is 1. The third-order valence-corrected chi connectivity index (χ3v) is 7.18. The first-order valence-electron chi connectivity index (χ1n) is 11.1. The van der Waals surface area contributed by atoms with Crippen LogP contribution in [0.2, 0.25) is 0 Å². The fraction of sp³-hybridized carbons (Fsp3) is 0.360. The molecule has 4 heterocycles. The van der Waals surface area contributed by atoms with Gasteiger partial charge in [0, 0.05) is 40.0 Å². The van der Waals surface area contributed by atoms with E-state index in [2.05, 4.69) is 13.8 Å². The predicted molar refractivity (Wildman–Crippen MR) is 126 cm³/mol. The lowest BCUT2D eigenvalue weighted by Gasteiger charge is -2.32. The summed E-state index contributed by atoms with van der Waals surface area (Å²) in [5, 5.41) is 12.7. The number of cyclic esters (lactones) is 1. The van der Waals surface area contributed by atoms with Crippen molar-refractivity contribution in [2.75, 3.05) is 6.61 Å². The highest BCUT2D eigenvalue weighted by Gasteiger charge is 2.46. The maximum atomic E-state index is 13.4. The molecule has 3 aromatic rings. The fourth-order valence-corrected chi connectivity index (χ4v) is 5.51. The molecule has 2 aromatic heterocycles. The van der Waals surface area contributed by atoms with Crippen molar-refractivity contribution in [2.24, 2.45) is 0 Å². The van der Waals surface area contributed by atoms with Gasteiger partial charge >= 0.3 is 11.9 Å². The number of pyridine rings is 2. The normalized spacial score (nSPS) is 18.4. The van der Waals surface area contributed by atoms with Gasteiger partial charge in [0.2, 0.25) is 0 Å². The van der Waals surface area contributed by atoms with Crippen molar-refractivity contribution in [3.05, 3.63) is 57.4 Å². The lowest BCUT2D eigenvalue weighted by molar-refractivity contribution is -0.175. The van der Waals surface area contributed by atoms with Gasteiger partial charge in [-0.25, -0.2) is 9.78 Å². The molecule has 0 unspecified atom stereocenters. The Morgan fingerprint density at radius 3 is 2.85 bits per heavy atom. The molecule has 0 amide bonds. The van der Waals surface area contributed by atoms with Gasteiger partial charge in [0.15, 0.2) is 5.60 Å². The maximum Gasteiger partial charge on any atom is 0.343 e. The molecule has 2 aliphatic rings. The van der Waals surface area contributed by atoms with Gasteiger partial charge in [-0.2, -0.15) is 0 Å². The number of aromatic nitrogens is 2. The van der Waals surface area contributed by atoms with E-state index in [1.807, 2.05) is 24.3 Å². The number of thioether (sulfide) groups is 1. The van der Waals surface area contributed by atoms with Crippen molar-refractivity contribution in [1.82, 2.24) is 9.55 Å². The summed E-state index contributed by atoms with van der Waals surface area (Å²) in [5.41, 5.74) is 0.947. The Balaban J connectivity index is 1.66. The molecule has 176 valence electrons. The van der Waals surface area contributed by atoms with Crippen LogP contribution in [-0.4, -0.2) is 38.5 Å². The van der Waals surface area contributed by atoms with E-state index in [1.165, 1.54) is 6.92 Å². The van der Waals surface area contributed by atoms with Gasteiger partial charge in [0.25, 0.3) is 5.56 Å². The number of nitrogens with zero attached hydrogens (tertiary/aromatic N) is 2. The molecule has 0 bridgehead atoms. The molecule has 0 fully saturated rings. The molecule has 2 aliphatic heterocycles. The smallest absolute Gasteiger partial charge is 0.343 e. The molecule has 1 aromatic carbocycles. The highest BCUT2D eigenvalue weighted by Crippen LogP contribution is 2.40. The van der Waals surface area contributed by atoms with Gasteiger partial charge in [-0.05, 0) is 18.2 Å². The molecule has 0 saturated carbocycles. The summed E-state index contributed by atoms with van der Waals surface area (Å²) in [4.78, 5) is 43.2. The van der Waals surface area contributed by atoms with Crippen LogP contribution in [-0.2, 0) is 37.8 Å². The van der Waals surface area contributed by atoms with E-state index < -0.39 is 17.5 Å². The van der Waals surface area contributed by atoms with E-state index in [9.17, 15) is 19.5 Å². The number of ether oxygens (including phenoxy) is 2. The molecule has 0 saturated heterocycles. The first kappa shape index (κ1) is 22.6. The number of benzene rings is 1. The van der Waals surface area contributed by atoms with Gasteiger partial charge in [-0.15, -0.1) is 11.8 Å². The quantitative estimate of drug-likeness (QED) is 0.343. The first-order valence-corrected chi connectivity index (χ1v) is 12.0. The maximum absolute atomic E-state index is 13.4. The SMILES string of the molecule is CC(=O)OCC[C@@]1(O)C(=O)OCc2c1cc1n(c2=O)Cc2cc3cccc(SC(C)C)c3nc2-1. The van der Waals surface area contributed by atoms with Gasteiger partial charge in [0.05, 0.1) is 35.6 Å². The molecule has 0 spiro atoms. The van der Waals surface area contributed by atoms with Crippen molar-refractivity contribution >= 4 is 34.6 Å². The Bertz CT molecular complexity index is 1410. The minimum absolute atomic E-state index is 0.186. The van der Waals surface area contributed by atoms with Crippen molar-refractivity contribution in [3.63, 3.8) is 0 Å². The van der Waals surface area contributed by atoms with E-state index >= 15 is 0 Å². The minimum Gasteiger partial charge on any atom is -0.466 e. The summed E-state index contributed by atoms with van der Waals surface area (Å²) in [6, 6.07) is 9.74. The molecule has 34 heavy (non-hydrogen) atoms. The van der Waals surface area contributed by atoms with Gasteiger partial charge in [-0.3, -0.25) is 9.59 Å². The van der Waals surface area contributed by atoms with Gasteiger partial charge in [0.1, 0.15) is 6.61 Å². The Hall–Kier alpha value is -3.17. The average Bonchev–Trinajstić information content (AvgIpc) is 3.13. The second-order valence-electron chi connectivity index (χ2n) is 8.83. The Morgan fingerprint density at radius 2 is 2.12 bits per heavy atom. The second kappa shape index (κ2) is 8.25. The number of carbonyl (C=O) groups is 2. The number of carbonyl (C=O) groups excluding carboxylic acids is 2. The molecule has 1 atom stereocenters. The van der Waals surface area contributed by atoms with E-state index in [0.29, 0.717) is 23.2 Å². The summed E-state index contributed by atoms with van der Waals surface area (Å²) < 4.78 is 11.7. The molecule has 1 N–H and O–H groups in total. The highest BCUT2D eigenvalue weighted by atomic mass is 32.2. The molecule has 8 nitrogen and oxygen atoms in total.